The summed E-state index contributed by atoms with van der Waals surface area (Å²) in [6.07, 6.45) is 0. The number of carbonyl (C=O) groups is 2. The Balaban J connectivity index is 1.47. The normalized spacial score (nSPS) is 10.3. The predicted molar refractivity (Wildman–Crippen MR) is 120 cm³/mol. The molecule has 0 bridgehead atoms. The van der Waals surface area contributed by atoms with Crippen LogP contribution >= 0.6 is 23.2 Å². The molecule has 0 atom stereocenters. The van der Waals surface area contributed by atoms with E-state index in [2.05, 4.69) is 16.0 Å². The van der Waals surface area contributed by atoms with Crippen molar-refractivity contribution in [3.05, 3.63) is 105 Å². The van der Waals surface area contributed by atoms with Crippen LogP contribution in [0.4, 0.5) is 4.79 Å². The molecule has 3 aromatic rings. The second-order valence-corrected chi connectivity index (χ2v) is 7.48. The zero-order chi connectivity index (χ0) is 21.3. The highest BCUT2D eigenvalue weighted by Crippen LogP contribution is 2.14. The Morgan fingerprint density at radius 3 is 2.10 bits per heavy atom. The van der Waals surface area contributed by atoms with Gasteiger partial charge in [0.05, 0.1) is 0 Å². The van der Waals surface area contributed by atoms with Crippen LogP contribution in [0, 0.1) is 0 Å². The van der Waals surface area contributed by atoms with Crippen LogP contribution in [0.15, 0.2) is 72.8 Å². The minimum absolute atomic E-state index is 0.194. The van der Waals surface area contributed by atoms with E-state index in [1.54, 1.807) is 30.3 Å². The molecule has 5 nitrogen and oxygen atoms in total. The van der Waals surface area contributed by atoms with Crippen LogP contribution in [0.1, 0.15) is 27.0 Å². The van der Waals surface area contributed by atoms with Gasteiger partial charge in [-0.25, -0.2) is 4.79 Å². The molecule has 30 heavy (non-hydrogen) atoms. The Morgan fingerprint density at radius 2 is 1.37 bits per heavy atom. The lowest BCUT2D eigenvalue weighted by atomic mass is 10.1. The van der Waals surface area contributed by atoms with Gasteiger partial charge in [-0.2, -0.15) is 0 Å². The number of amides is 3. The fourth-order valence-electron chi connectivity index (χ4n) is 2.83. The molecule has 7 heteroatoms. The zero-order valence-electron chi connectivity index (χ0n) is 16.1. The van der Waals surface area contributed by atoms with Gasteiger partial charge in [0.2, 0.25) is 0 Å². The molecular weight excluding hydrogens is 421 g/mol. The van der Waals surface area contributed by atoms with Crippen LogP contribution in [0.2, 0.25) is 10.0 Å². The summed E-state index contributed by atoms with van der Waals surface area (Å²) in [5, 5.41) is 9.60. The summed E-state index contributed by atoms with van der Waals surface area (Å²) < 4.78 is 0. The van der Waals surface area contributed by atoms with Gasteiger partial charge in [-0.1, -0.05) is 71.7 Å². The number of halogens is 2. The van der Waals surface area contributed by atoms with Crippen molar-refractivity contribution < 1.29 is 9.59 Å². The Kier molecular flexibility index (Phi) is 7.71. The SMILES string of the molecule is O=C(NCc1cccc(CNC(=O)c2cccc(Cl)c2)c1)NCc1ccccc1Cl. The third-order valence-electron chi connectivity index (χ3n) is 4.38. The number of nitrogens with one attached hydrogen (secondary N) is 3. The average molecular weight is 442 g/mol. The van der Waals surface area contributed by atoms with Gasteiger partial charge in [0.15, 0.2) is 0 Å². The van der Waals surface area contributed by atoms with Gasteiger partial charge in [-0.3, -0.25) is 4.79 Å². The maximum atomic E-state index is 12.2. The lowest BCUT2D eigenvalue weighted by Gasteiger charge is -2.10. The first kappa shape index (κ1) is 21.7. The smallest absolute Gasteiger partial charge is 0.315 e. The van der Waals surface area contributed by atoms with Crippen molar-refractivity contribution in [1.29, 1.82) is 0 Å². The van der Waals surface area contributed by atoms with Crippen LogP contribution < -0.4 is 16.0 Å². The van der Waals surface area contributed by atoms with E-state index in [4.69, 9.17) is 23.2 Å². The van der Waals surface area contributed by atoms with Crippen LogP contribution in [0.3, 0.4) is 0 Å². The maximum Gasteiger partial charge on any atom is 0.315 e. The monoisotopic (exact) mass is 441 g/mol. The molecule has 0 unspecified atom stereocenters. The second kappa shape index (κ2) is 10.7. The molecule has 0 fully saturated rings. The van der Waals surface area contributed by atoms with E-state index in [9.17, 15) is 9.59 Å². The van der Waals surface area contributed by atoms with Gasteiger partial charge in [0.25, 0.3) is 5.91 Å². The fourth-order valence-corrected chi connectivity index (χ4v) is 3.22. The molecule has 0 spiro atoms. The van der Waals surface area contributed by atoms with E-state index in [1.165, 1.54) is 0 Å². The summed E-state index contributed by atoms with van der Waals surface area (Å²) in [5.74, 6) is -0.194. The largest absolute Gasteiger partial charge is 0.348 e. The summed E-state index contributed by atoms with van der Waals surface area (Å²) in [4.78, 5) is 24.3. The van der Waals surface area contributed by atoms with Crippen LogP contribution in [0.5, 0.6) is 0 Å². The van der Waals surface area contributed by atoms with Crippen LogP contribution in [-0.2, 0) is 19.6 Å². The summed E-state index contributed by atoms with van der Waals surface area (Å²) in [6, 6.07) is 21.5. The number of benzene rings is 3. The van der Waals surface area contributed by atoms with Gasteiger partial charge in [0.1, 0.15) is 0 Å². The van der Waals surface area contributed by atoms with Crippen LogP contribution in [-0.4, -0.2) is 11.9 Å². The molecule has 0 aliphatic carbocycles. The van der Waals surface area contributed by atoms with E-state index < -0.39 is 0 Å². The van der Waals surface area contributed by atoms with Crippen molar-refractivity contribution in [2.24, 2.45) is 0 Å². The number of hydrogen-bond acceptors (Lipinski definition) is 2. The first-order valence-corrected chi connectivity index (χ1v) is 10.1. The summed E-state index contributed by atoms with van der Waals surface area (Å²) >= 11 is 12.0. The third kappa shape index (κ3) is 6.51. The van der Waals surface area contributed by atoms with Gasteiger partial charge >= 0.3 is 6.03 Å². The van der Waals surface area contributed by atoms with E-state index >= 15 is 0 Å². The maximum absolute atomic E-state index is 12.2. The standard InChI is InChI=1S/C23H21Cl2N3O2/c24-20-9-4-8-18(12-20)22(29)26-13-16-5-3-6-17(11-16)14-27-23(30)28-15-19-7-1-2-10-21(19)25/h1-12H,13-15H2,(H,26,29)(H2,27,28,30). The Bertz CT molecular complexity index is 1040. The molecule has 0 aliphatic rings. The molecule has 3 aromatic carbocycles. The molecule has 154 valence electrons. The van der Waals surface area contributed by atoms with Crippen molar-refractivity contribution in [3.8, 4) is 0 Å². The van der Waals surface area contributed by atoms with Crippen molar-refractivity contribution in [2.75, 3.05) is 0 Å². The molecule has 0 aliphatic heterocycles. The number of rotatable bonds is 7. The molecule has 0 saturated carbocycles. The van der Waals surface area contributed by atoms with Gasteiger partial charge < -0.3 is 16.0 Å². The first-order chi connectivity index (χ1) is 14.5. The Morgan fingerprint density at radius 1 is 0.700 bits per heavy atom. The van der Waals surface area contributed by atoms with Crippen molar-refractivity contribution >= 4 is 35.1 Å². The lowest BCUT2D eigenvalue weighted by Crippen LogP contribution is -2.34. The summed E-state index contributed by atoms with van der Waals surface area (Å²) in [7, 11) is 0. The van der Waals surface area contributed by atoms with Crippen molar-refractivity contribution in [2.45, 2.75) is 19.6 Å². The Hall–Kier alpha value is -3.02. The molecule has 3 rings (SSSR count). The van der Waals surface area contributed by atoms with Crippen molar-refractivity contribution in [1.82, 2.24) is 16.0 Å². The molecule has 0 aromatic heterocycles. The first-order valence-electron chi connectivity index (χ1n) is 9.38. The van der Waals surface area contributed by atoms with E-state index in [1.807, 2.05) is 42.5 Å². The molecule has 0 radical (unpaired) electrons. The van der Waals surface area contributed by atoms with Gasteiger partial charge in [-0.05, 0) is 41.0 Å². The second-order valence-electron chi connectivity index (χ2n) is 6.64. The summed E-state index contributed by atoms with van der Waals surface area (Å²) in [5.41, 5.74) is 3.22. The predicted octanol–water partition coefficient (Wildman–Crippen LogP) is 4.92. The molecular formula is C23H21Cl2N3O2. The highest BCUT2D eigenvalue weighted by Gasteiger charge is 2.07. The molecule has 3 N–H and O–H groups in total. The molecule has 0 saturated heterocycles. The fraction of sp³-hybridized carbons (Fsp3) is 0.130. The third-order valence-corrected chi connectivity index (χ3v) is 4.99. The minimum Gasteiger partial charge on any atom is -0.348 e. The highest BCUT2D eigenvalue weighted by molar-refractivity contribution is 6.31. The minimum atomic E-state index is -0.283. The average Bonchev–Trinajstić information content (AvgIpc) is 2.76. The quantitative estimate of drug-likeness (QED) is 0.486. The van der Waals surface area contributed by atoms with E-state index in [0.29, 0.717) is 35.2 Å². The van der Waals surface area contributed by atoms with E-state index in [-0.39, 0.29) is 11.9 Å². The molecule has 3 amide bonds. The Labute approximate surface area is 185 Å². The molecule has 0 heterocycles. The lowest BCUT2D eigenvalue weighted by molar-refractivity contribution is 0.0951. The zero-order valence-corrected chi connectivity index (χ0v) is 17.6. The topological polar surface area (TPSA) is 70.2 Å². The number of hydrogen-bond donors (Lipinski definition) is 3. The van der Waals surface area contributed by atoms with Crippen LogP contribution in [0.25, 0.3) is 0 Å². The number of urea groups is 1. The number of carbonyl (C=O) groups excluding carboxylic acids is 2. The van der Waals surface area contributed by atoms with E-state index in [0.717, 1.165) is 16.7 Å². The van der Waals surface area contributed by atoms with Gasteiger partial charge in [0, 0.05) is 35.2 Å². The van der Waals surface area contributed by atoms with Gasteiger partial charge in [-0.15, -0.1) is 0 Å². The van der Waals surface area contributed by atoms with Crippen molar-refractivity contribution in [3.63, 3.8) is 0 Å². The summed E-state index contributed by atoms with van der Waals surface area (Å²) in [6.45, 7) is 1.09. The highest BCUT2D eigenvalue weighted by atomic mass is 35.5.